The van der Waals surface area contributed by atoms with Crippen LogP contribution in [-0.2, 0) is 6.42 Å². The highest BCUT2D eigenvalue weighted by Crippen LogP contribution is 2.35. The number of rotatable bonds is 4. The van der Waals surface area contributed by atoms with Crippen molar-refractivity contribution in [3.63, 3.8) is 0 Å². The van der Waals surface area contributed by atoms with E-state index in [1.54, 1.807) is 5.56 Å². The van der Waals surface area contributed by atoms with Crippen LogP contribution in [0.3, 0.4) is 0 Å². The quantitative estimate of drug-likeness (QED) is 0.631. The van der Waals surface area contributed by atoms with Crippen LogP contribution >= 0.6 is 0 Å². The maximum absolute atomic E-state index is 3.99. The van der Waals surface area contributed by atoms with Gasteiger partial charge in [0.15, 0.2) is 0 Å². The average molecular weight is 265 g/mol. The van der Waals surface area contributed by atoms with Crippen LogP contribution in [0.2, 0.25) is 0 Å². The van der Waals surface area contributed by atoms with Gasteiger partial charge < -0.3 is 0 Å². The maximum Gasteiger partial charge on any atom is -0.0152 e. The lowest BCUT2D eigenvalue weighted by Crippen LogP contribution is -2.05. The first-order valence-electron chi connectivity index (χ1n) is 8.19. The molecule has 0 N–H and O–H groups in total. The first-order chi connectivity index (χ1) is 9.88. The monoisotopic (exact) mass is 265 g/mol. The van der Waals surface area contributed by atoms with Crippen molar-refractivity contribution >= 4 is 10.8 Å². The Labute approximate surface area is 123 Å². The van der Waals surface area contributed by atoms with Crippen LogP contribution in [0.5, 0.6) is 0 Å². The molecule has 1 aliphatic rings. The van der Waals surface area contributed by atoms with Gasteiger partial charge in [-0.05, 0) is 53.5 Å². The second-order valence-corrected chi connectivity index (χ2v) is 6.19. The molecule has 0 saturated heterocycles. The normalized spacial score (nSPS) is 16.6. The van der Waals surface area contributed by atoms with E-state index in [0.717, 1.165) is 12.3 Å². The first-order valence-corrected chi connectivity index (χ1v) is 8.19. The van der Waals surface area contributed by atoms with Crippen molar-refractivity contribution in [3.8, 4) is 0 Å². The third-order valence-corrected chi connectivity index (χ3v) is 4.74. The van der Waals surface area contributed by atoms with Gasteiger partial charge in [-0.1, -0.05) is 69.0 Å². The van der Waals surface area contributed by atoms with E-state index in [1.807, 2.05) is 0 Å². The summed E-state index contributed by atoms with van der Waals surface area (Å²) < 4.78 is 0. The molecule has 0 amide bonds. The average Bonchev–Trinajstić information content (AvgIpc) is 2.53. The lowest BCUT2D eigenvalue weighted by molar-refractivity contribution is 0.443. The molecule has 2 aromatic carbocycles. The molecule has 0 heteroatoms. The Balaban J connectivity index is 1.99. The van der Waals surface area contributed by atoms with E-state index in [9.17, 15) is 0 Å². The molecule has 20 heavy (non-hydrogen) atoms. The van der Waals surface area contributed by atoms with Gasteiger partial charge in [0.2, 0.25) is 0 Å². The zero-order chi connectivity index (χ0) is 13.8. The van der Waals surface area contributed by atoms with Crippen molar-refractivity contribution in [1.82, 2.24) is 0 Å². The molecule has 105 valence electrons. The Morgan fingerprint density at radius 3 is 2.60 bits per heavy atom. The van der Waals surface area contributed by atoms with Gasteiger partial charge in [0, 0.05) is 0 Å². The van der Waals surface area contributed by atoms with Crippen molar-refractivity contribution in [2.24, 2.45) is 0 Å². The van der Waals surface area contributed by atoms with Crippen molar-refractivity contribution in [2.75, 3.05) is 0 Å². The molecule has 0 unspecified atom stereocenters. The van der Waals surface area contributed by atoms with Crippen molar-refractivity contribution in [2.45, 2.75) is 57.3 Å². The minimum absolute atomic E-state index is 0.798. The molecule has 2 aromatic rings. The maximum atomic E-state index is 3.99. The summed E-state index contributed by atoms with van der Waals surface area (Å²) in [4.78, 5) is 0. The van der Waals surface area contributed by atoms with Gasteiger partial charge >= 0.3 is 0 Å². The van der Waals surface area contributed by atoms with Crippen molar-refractivity contribution in [3.05, 3.63) is 54.4 Å². The molecule has 1 fully saturated rings. The smallest absolute Gasteiger partial charge is 0.0152 e. The van der Waals surface area contributed by atoms with Crippen LogP contribution in [-0.4, -0.2) is 0 Å². The third-order valence-electron chi connectivity index (χ3n) is 4.74. The summed E-state index contributed by atoms with van der Waals surface area (Å²) >= 11 is 0. The molecule has 0 nitrogen and oxygen atoms in total. The SMILES string of the molecule is [CH2]CCCc1cc(C2CCCCC2)cc2ccccc12. The molecule has 1 radical (unpaired) electrons. The van der Waals surface area contributed by atoms with Crippen molar-refractivity contribution < 1.29 is 0 Å². The van der Waals surface area contributed by atoms with E-state index < -0.39 is 0 Å². The summed E-state index contributed by atoms with van der Waals surface area (Å²) in [6.07, 6.45) is 10.4. The second kappa shape index (κ2) is 6.43. The summed E-state index contributed by atoms with van der Waals surface area (Å²) in [7, 11) is 0. The highest BCUT2D eigenvalue weighted by atomic mass is 14.2. The first kappa shape index (κ1) is 13.7. The van der Waals surface area contributed by atoms with Gasteiger partial charge in [-0.3, -0.25) is 0 Å². The van der Waals surface area contributed by atoms with E-state index >= 15 is 0 Å². The van der Waals surface area contributed by atoms with E-state index in [-0.39, 0.29) is 0 Å². The van der Waals surface area contributed by atoms with Gasteiger partial charge in [-0.15, -0.1) is 0 Å². The highest BCUT2D eigenvalue weighted by Gasteiger charge is 2.16. The molecule has 0 bridgehead atoms. The molecule has 0 spiro atoms. The number of aryl methyl sites for hydroxylation is 1. The van der Waals surface area contributed by atoms with Crippen molar-refractivity contribution in [1.29, 1.82) is 0 Å². The number of hydrogen-bond donors (Lipinski definition) is 0. The Morgan fingerprint density at radius 2 is 1.80 bits per heavy atom. The fourth-order valence-corrected chi connectivity index (χ4v) is 3.61. The minimum Gasteiger partial charge on any atom is -0.0616 e. The van der Waals surface area contributed by atoms with E-state index in [1.165, 1.54) is 61.3 Å². The highest BCUT2D eigenvalue weighted by molar-refractivity contribution is 5.86. The van der Waals surface area contributed by atoms with Crippen LogP contribution < -0.4 is 0 Å². The Bertz CT molecular complexity index is 561. The molecule has 0 aliphatic heterocycles. The largest absolute Gasteiger partial charge is 0.0616 e. The topological polar surface area (TPSA) is 0 Å². The number of benzene rings is 2. The molecule has 1 aliphatic carbocycles. The van der Waals surface area contributed by atoms with E-state index in [0.29, 0.717) is 0 Å². The zero-order valence-corrected chi connectivity index (χ0v) is 12.4. The fourth-order valence-electron chi connectivity index (χ4n) is 3.61. The second-order valence-electron chi connectivity index (χ2n) is 6.19. The molecule has 3 rings (SSSR count). The molecular formula is C20H25. The number of fused-ring (bicyclic) bond motifs is 1. The molecular weight excluding hydrogens is 240 g/mol. The summed E-state index contributed by atoms with van der Waals surface area (Å²) in [6, 6.07) is 13.8. The van der Waals surface area contributed by atoms with Gasteiger partial charge in [0.25, 0.3) is 0 Å². The van der Waals surface area contributed by atoms with Gasteiger partial charge in [0.1, 0.15) is 0 Å². The van der Waals surface area contributed by atoms with Crippen LogP contribution in [0.15, 0.2) is 36.4 Å². The fraction of sp³-hybridized carbons (Fsp3) is 0.450. The number of unbranched alkanes of at least 4 members (excludes halogenated alkanes) is 1. The summed E-state index contributed by atoms with van der Waals surface area (Å²) in [6.45, 7) is 3.99. The standard InChI is InChI=1S/C20H25/c1-2-3-9-17-14-19(16-10-5-4-6-11-16)15-18-12-7-8-13-20(17)18/h7-8,12-16H,1-6,9-11H2. The lowest BCUT2D eigenvalue weighted by atomic mass is 9.82. The van der Waals surface area contributed by atoms with Crippen LogP contribution in [0, 0.1) is 6.92 Å². The molecule has 1 saturated carbocycles. The predicted octanol–water partition coefficient (Wildman–Crippen LogP) is 6.04. The van der Waals surface area contributed by atoms with E-state index in [4.69, 9.17) is 0 Å². The minimum atomic E-state index is 0.798. The van der Waals surface area contributed by atoms with Crippen LogP contribution in [0.4, 0.5) is 0 Å². The van der Waals surface area contributed by atoms with Gasteiger partial charge in [0.05, 0.1) is 0 Å². The predicted molar refractivity (Wildman–Crippen MR) is 88.1 cm³/mol. The Kier molecular flexibility index (Phi) is 4.40. The summed E-state index contributed by atoms with van der Waals surface area (Å²) in [5.41, 5.74) is 3.12. The molecule has 0 aromatic heterocycles. The molecule has 0 atom stereocenters. The Morgan fingerprint density at radius 1 is 1.00 bits per heavy atom. The van der Waals surface area contributed by atoms with E-state index in [2.05, 4.69) is 43.3 Å². The summed E-state index contributed by atoms with van der Waals surface area (Å²) in [5, 5.41) is 2.87. The third kappa shape index (κ3) is 2.90. The number of hydrogen-bond acceptors (Lipinski definition) is 0. The van der Waals surface area contributed by atoms with Gasteiger partial charge in [-0.2, -0.15) is 0 Å². The van der Waals surface area contributed by atoms with Crippen LogP contribution in [0.1, 0.15) is 62.0 Å². The van der Waals surface area contributed by atoms with Gasteiger partial charge in [-0.25, -0.2) is 0 Å². The lowest BCUT2D eigenvalue weighted by Gasteiger charge is -2.23. The molecule has 0 heterocycles. The Hall–Kier alpha value is -1.30. The zero-order valence-electron chi connectivity index (χ0n) is 12.4. The summed E-state index contributed by atoms with van der Waals surface area (Å²) in [5.74, 6) is 0.798. The van der Waals surface area contributed by atoms with Crippen LogP contribution in [0.25, 0.3) is 10.8 Å².